The Labute approximate surface area is 110 Å². The Hall–Kier alpha value is -2.17. The van der Waals surface area contributed by atoms with Crippen molar-refractivity contribution in [3.05, 3.63) is 59.9 Å². The number of aryl methyl sites for hydroxylation is 1. The fourth-order valence-electron chi connectivity index (χ4n) is 1.80. The van der Waals surface area contributed by atoms with E-state index < -0.39 is 11.6 Å². The van der Waals surface area contributed by atoms with Gasteiger partial charge in [-0.15, -0.1) is 6.58 Å². The molecule has 5 heteroatoms. The van der Waals surface area contributed by atoms with E-state index in [0.717, 1.165) is 11.8 Å². The summed E-state index contributed by atoms with van der Waals surface area (Å²) in [5.41, 5.74) is 1.54. The molecule has 0 saturated carbocycles. The lowest BCUT2D eigenvalue weighted by molar-refractivity contribution is 0.507. The number of aromatic nitrogens is 2. The molecule has 1 N–H and O–H groups in total. The summed E-state index contributed by atoms with van der Waals surface area (Å²) in [7, 11) is 0. The Morgan fingerprint density at radius 2 is 2.16 bits per heavy atom. The van der Waals surface area contributed by atoms with Crippen molar-refractivity contribution in [2.75, 3.05) is 5.32 Å². The van der Waals surface area contributed by atoms with Crippen molar-refractivity contribution in [1.29, 1.82) is 0 Å². The van der Waals surface area contributed by atoms with E-state index in [1.807, 2.05) is 17.7 Å². The topological polar surface area (TPSA) is 29.9 Å². The van der Waals surface area contributed by atoms with Gasteiger partial charge in [0.25, 0.3) is 0 Å². The highest BCUT2D eigenvalue weighted by Gasteiger charge is 2.06. The molecule has 2 rings (SSSR count). The van der Waals surface area contributed by atoms with Crippen LogP contribution in [0.3, 0.4) is 0 Å². The van der Waals surface area contributed by atoms with Gasteiger partial charge in [-0.2, -0.15) is 0 Å². The highest BCUT2D eigenvalue weighted by atomic mass is 19.2. The predicted octanol–water partition coefficient (Wildman–Crippen LogP) is 3.27. The van der Waals surface area contributed by atoms with Crippen molar-refractivity contribution < 1.29 is 8.78 Å². The van der Waals surface area contributed by atoms with Crippen LogP contribution in [-0.2, 0) is 13.1 Å². The molecule has 0 unspecified atom stereocenters. The Morgan fingerprint density at radius 3 is 2.84 bits per heavy atom. The van der Waals surface area contributed by atoms with Gasteiger partial charge in [0.15, 0.2) is 11.6 Å². The normalized spacial score (nSPS) is 10.5. The molecule has 0 radical (unpaired) electrons. The highest BCUT2D eigenvalue weighted by Crippen LogP contribution is 2.12. The van der Waals surface area contributed by atoms with Gasteiger partial charge in [-0.1, -0.05) is 12.1 Å². The summed E-state index contributed by atoms with van der Waals surface area (Å²) >= 11 is 0. The summed E-state index contributed by atoms with van der Waals surface area (Å²) in [5, 5.41) is 3.10. The summed E-state index contributed by atoms with van der Waals surface area (Å²) in [4.78, 5) is 4.32. The van der Waals surface area contributed by atoms with E-state index in [2.05, 4.69) is 16.9 Å². The fourth-order valence-corrected chi connectivity index (χ4v) is 1.80. The molecule has 0 saturated heterocycles. The van der Waals surface area contributed by atoms with E-state index in [1.165, 1.54) is 6.07 Å². The third kappa shape index (κ3) is 3.19. The molecule has 2 aromatic rings. The fraction of sp³-hybridized carbons (Fsp3) is 0.214. The van der Waals surface area contributed by atoms with Crippen LogP contribution < -0.4 is 5.32 Å². The van der Waals surface area contributed by atoms with E-state index in [1.54, 1.807) is 12.1 Å². The van der Waals surface area contributed by atoms with Crippen molar-refractivity contribution in [3.8, 4) is 0 Å². The molecule has 0 bridgehead atoms. The third-order valence-electron chi connectivity index (χ3n) is 2.66. The number of nitrogens with zero attached hydrogens (tertiary/aromatic N) is 2. The second-order valence-electron chi connectivity index (χ2n) is 4.25. The van der Waals surface area contributed by atoms with Crippen molar-refractivity contribution in [3.63, 3.8) is 0 Å². The molecule has 3 nitrogen and oxygen atoms in total. The zero-order valence-electron chi connectivity index (χ0n) is 10.7. The van der Waals surface area contributed by atoms with E-state index in [4.69, 9.17) is 0 Å². The van der Waals surface area contributed by atoms with E-state index in [0.29, 0.717) is 24.6 Å². The van der Waals surface area contributed by atoms with Crippen LogP contribution >= 0.6 is 0 Å². The Bertz CT molecular complexity index is 590. The van der Waals surface area contributed by atoms with Crippen molar-refractivity contribution >= 4 is 5.95 Å². The van der Waals surface area contributed by atoms with Crippen LogP contribution in [0.25, 0.3) is 0 Å². The quantitative estimate of drug-likeness (QED) is 0.839. The van der Waals surface area contributed by atoms with Gasteiger partial charge in [-0.05, 0) is 24.6 Å². The number of benzene rings is 1. The molecule has 1 heterocycles. The zero-order valence-corrected chi connectivity index (χ0v) is 10.7. The molecule has 0 aliphatic carbocycles. The lowest BCUT2D eigenvalue weighted by atomic mass is 10.2. The van der Waals surface area contributed by atoms with Gasteiger partial charge in [0.2, 0.25) is 5.95 Å². The molecular formula is C14H15F2N3. The molecule has 1 aromatic heterocycles. The molecule has 0 spiro atoms. The highest BCUT2D eigenvalue weighted by molar-refractivity contribution is 5.31. The minimum Gasteiger partial charge on any atom is -0.352 e. The number of hydrogen-bond acceptors (Lipinski definition) is 2. The maximum atomic E-state index is 13.1. The summed E-state index contributed by atoms with van der Waals surface area (Å²) in [5.74, 6) is -1.00. The van der Waals surface area contributed by atoms with Crippen LogP contribution in [0, 0.1) is 18.6 Å². The largest absolute Gasteiger partial charge is 0.352 e. The Kier molecular flexibility index (Phi) is 3.94. The monoisotopic (exact) mass is 263 g/mol. The van der Waals surface area contributed by atoms with E-state index in [9.17, 15) is 8.78 Å². The molecule has 0 amide bonds. The molecule has 0 aliphatic heterocycles. The van der Waals surface area contributed by atoms with Crippen LogP contribution in [0.15, 0.2) is 37.1 Å². The first-order valence-electron chi connectivity index (χ1n) is 5.92. The Morgan fingerprint density at radius 1 is 1.37 bits per heavy atom. The number of allylic oxidation sites excluding steroid dienone is 1. The van der Waals surface area contributed by atoms with E-state index >= 15 is 0 Å². The maximum Gasteiger partial charge on any atom is 0.203 e. The number of halogens is 2. The minimum atomic E-state index is -0.843. The third-order valence-corrected chi connectivity index (χ3v) is 2.66. The Balaban J connectivity index is 2.09. The molecule has 19 heavy (non-hydrogen) atoms. The predicted molar refractivity (Wildman–Crippen MR) is 70.8 cm³/mol. The van der Waals surface area contributed by atoms with Gasteiger partial charge >= 0.3 is 0 Å². The first-order chi connectivity index (χ1) is 9.10. The molecule has 0 atom stereocenters. The lowest BCUT2D eigenvalue weighted by Gasteiger charge is -2.08. The number of imidazole rings is 1. The first-order valence-corrected chi connectivity index (χ1v) is 5.92. The second kappa shape index (κ2) is 5.65. The standard InChI is InChI=1S/C14H15F2N3/c1-3-6-19-9-10(2)18-14(19)17-8-11-4-5-12(15)13(16)7-11/h3-5,7,9H,1,6,8H2,2H3,(H,17,18). The number of rotatable bonds is 5. The van der Waals surface area contributed by atoms with Gasteiger partial charge in [-0.3, -0.25) is 0 Å². The molecule has 100 valence electrons. The number of nitrogens with one attached hydrogen (secondary N) is 1. The lowest BCUT2D eigenvalue weighted by Crippen LogP contribution is -2.07. The van der Waals surface area contributed by atoms with Gasteiger partial charge in [0.05, 0.1) is 5.69 Å². The van der Waals surface area contributed by atoms with Gasteiger partial charge in [0, 0.05) is 19.3 Å². The average Bonchev–Trinajstić information content (AvgIpc) is 2.72. The van der Waals surface area contributed by atoms with Crippen LogP contribution in [-0.4, -0.2) is 9.55 Å². The van der Waals surface area contributed by atoms with Gasteiger partial charge < -0.3 is 9.88 Å². The summed E-state index contributed by atoms with van der Waals surface area (Å²) in [6.07, 6.45) is 3.67. The van der Waals surface area contributed by atoms with Crippen LogP contribution in [0.2, 0.25) is 0 Å². The van der Waals surface area contributed by atoms with Gasteiger partial charge in [-0.25, -0.2) is 13.8 Å². The van der Waals surface area contributed by atoms with Crippen LogP contribution in [0.4, 0.5) is 14.7 Å². The van der Waals surface area contributed by atoms with Crippen molar-refractivity contribution in [2.24, 2.45) is 0 Å². The van der Waals surface area contributed by atoms with Crippen LogP contribution in [0.1, 0.15) is 11.3 Å². The molecule has 0 aliphatic rings. The smallest absolute Gasteiger partial charge is 0.203 e. The van der Waals surface area contributed by atoms with E-state index in [-0.39, 0.29) is 0 Å². The second-order valence-corrected chi connectivity index (χ2v) is 4.25. The molecule has 1 aromatic carbocycles. The summed E-state index contributed by atoms with van der Waals surface area (Å²) in [6.45, 7) is 6.59. The summed E-state index contributed by atoms with van der Waals surface area (Å²) < 4.78 is 27.8. The average molecular weight is 263 g/mol. The zero-order chi connectivity index (χ0) is 13.8. The minimum absolute atomic E-state index is 0.380. The van der Waals surface area contributed by atoms with Crippen molar-refractivity contribution in [2.45, 2.75) is 20.0 Å². The first kappa shape index (κ1) is 13.3. The van der Waals surface area contributed by atoms with Crippen molar-refractivity contribution in [1.82, 2.24) is 9.55 Å². The van der Waals surface area contributed by atoms with Crippen LogP contribution in [0.5, 0.6) is 0 Å². The van der Waals surface area contributed by atoms with Gasteiger partial charge in [0.1, 0.15) is 0 Å². The molecular weight excluding hydrogens is 248 g/mol. The summed E-state index contributed by atoms with van der Waals surface area (Å²) in [6, 6.07) is 3.84. The SMILES string of the molecule is C=CCn1cc(C)nc1NCc1ccc(F)c(F)c1. The molecule has 0 fully saturated rings. The maximum absolute atomic E-state index is 13.1. The number of anilines is 1. The number of hydrogen-bond donors (Lipinski definition) is 1.